The zero-order chi connectivity index (χ0) is 30.4. The maximum absolute atomic E-state index is 14.3. The van der Waals surface area contributed by atoms with Crippen molar-refractivity contribution in [2.75, 3.05) is 66.0 Å². The van der Waals surface area contributed by atoms with Gasteiger partial charge in [-0.05, 0) is 57.0 Å². The van der Waals surface area contributed by atoms with Crippen molar-refractivity contribution < 1.29 is 19.0 Å². The lowest BCUT2D eigenvalue weighted by Crippen LogP contribution is -2.48. The van der Waals surface area contributed by atoms with Crippen molar-refractivity contribution >= 4 is 22.9 Å². The quantitative estimate of drug-likeness (QED) is 0.324. The minimum Gasteiger partial charge on any atom is -0.496 e. The molecule has 3 heterocycles. The van der Waals surface area contributed by atoms with E-state index < -0.39 is 0 Å². The van der Waals surface area contributed by atoms with Crippen LogP contribution >= 0.6 is 0 Å². The van der Waals surface area contributed by atoms with Crippen molar-refractivity contribution in [3.63, 3.8) is 0 Å². The maximum Gasteiger partial charge on any atom is 0.260 e. The van der Waals surface area contributed by atoms with Gasteiger partial charge in [-0.25, -0.2) is 4.98 Å². The SMILES string of the molecule is C=CC(=O)N1CCN(CCCn2c(=O)c(-c3c(C)c(OC)cc(OC)c3C)cc3cnc(N[C@@H](C)COC)nc32)CC1. The van der Waals surface area contributed by atoms with Gasteiger partial charge >= 0.3 is 0 Å². The van der Waals surface area contributed by atoms with Gasteiger partial charge in [-0.3, -0.25) is 19.1 Å². The number of hydrogen-bond donors (Lipinski definition) is 1. The number of nitrogens with one attached hydrogen (secondary N) is 1. The number of piperazine rings is 1. The van der Waals surface area contributed by atoms with Crippen molar-refractivity contribution in [1.82, 2.24) is 24.3 Å². The molecule has 0 aliphatic carbocycles. The van der Waals surface area contributed by atoms with Crippen LogP contribution in [0.15, 0.2) is 35.8 Å². The fourth-order valence-electron chi connectivity index (χ4n) is 5.59. The summed E-state index contributed by atoms with van der Waals surface area (Å²) < 4.78 is 18.3. The highest BCUT2D eigenvalue weighted by atomic mass is 16.5. The van der Waals surface area contributed by atoms with Crippen LogP contribution in [0.2, 0.25) is 0 Å². The number of pyridine rings is 1. The molecule has 11 nitrogen and oxygen atoms in total. The van der Waals surface area contributed by atoms with Gasteiger partial charge < -0.3 is 24.4 Å². The number of carbonyl (C=O) groups excluding carboxylic acids is 1. The molecular weight excluding hydrogens is 536 g/mol. The van der Waals surface area contributed by atoms with Crippen LogP contribution in [0.1, 0.15) is 24.5 Å². The smallest absolute Gasteiger partial charge is 0.260 e. The first-order valence-corrected chi connectivity index (χ1v) is 14.2. The molecule has 1 N–H and O–H groups in total. The molecule has 0 spiro atoms. The molecule has 0 bridgehead atoms. The van der Waals surface area contributed by atoms with Gasteiger partial charge in [0.15, 0.2) is 0 Å². The van der Waals surface area contributed by atoms with Gasteiger partial charge in [0.1, 0.15) is 17.1 Å². The fourth-order valence-corrected chi connectivity index (χ4v) is 5.59. The summed E-state index contributed by atoms with van der Waals surface area (Å²) in [6.07, 6.45) is 3.85. The molecule has 0 radical (unpaired) electrons. The Bertz CT molecular complexity index is 1470. The second-order valence-corrected chi connectivity index (χ2v) is 10.6. The van der Waals surface area contributed by atoms with Gasteiger partial charge in [0.05, 0.1) is 20.8 Å². The third-order valence-corrected chi connectivity index (χ3v) is 7.79. The van der Waals surface area contributed by atoms with Crippen molar-refractivity contribution in [2.45, 2.75) is 39.8 Å². The summed E-state index contributed by atoms with van der Waals surface area (Å²) in [5.41, 5.74) is 3.48. The summed E-state index contributed by atoms with van der Waals surface area (Å²) in [4.78, 5) is 39.7. The summed E-state index contributed by atoms with van der Waals surface area (Å²) in [6, 6.07) is 3.70. The lowest BCUT2D eigenvalue weighted by Gasteiger charge is -2.34. The van der Waals surface area contributed by atoms with Crippen LogP contribution in [0.5, 0.6) is 11.5 Å². The highest BCUT2D eigenvalue weighted by molar-refractivity contribution is 5.87. The van der Waals surface area contributed by atoms with E-state index in [0.717, 1.165) is 48.1 Å². The highest BCUT2D eigenvalue weighted by Gasteiger charge is 2.22. The Hall–Kier alpha value is -3.96. The van der Waals surface area contributed by atoms with E-state index in [2.05, 4.69) is 21.8 Å². The van der Waals surface area contributed by atoms with E-state index in [1.165, 1.54) is 6.08 Å². The molecule has 1 amide bonds. The second kappa shape index (κ2) is 13.8. The number of amides is 1. The number of ether oxygens (including phenoxy) is 3. The Morgan fingerprint density at radius 2 is 1.74 bits per heavy atom. The number of fused-ring (bicyclic) bond motifs is 1. The van der Waals surface area contributed by atoms with E-state index in [1.807, 2.05) is 37.8 Å². The van der Waals surface area contributed by atoms with Crippen molar-refractivity contribution in [3.8, 4) is 22.6 Å². The normalized spacial score (nSPS) is 14.6. The Labute approximate surface area is 247 Å². The fraction of sp³-hybridized carbons (Fsp3) is 0.484. The van der Waals surface area contributed by atoms with Gasteiger partial charge in [-0.15, -0.1) is 0 Å². The predicted molar refractivity (Wildman–Crippen MR) is 165 cm³/mol. The predicted octanol–water partition coefficient (Wildman–Crippen LogP) is 3.26. The summed E-state index contributed by atoms with van der Waals surface area (Å²) in [7, 11) is 4.87. The Balaban J connectivity index is 1.73. The topological polar surface area (TPSA) is 111 Å². The molecule has 3 aromatic rings. The second-order valence-electron chi connectivity index (χ2n) is 10.6. The summed E-state index contributed by atoms with van der Waals surface area (Å²) in [5.74, 6) is 1.70. The number of methoxy groups -OCH3 is 3. The average Bonchev–Trinajstić information content (AvgIpc) is 2.99. The van der Waals surface area contributed by atoms with Gasteiger partial charge in [0, 0.05) is 74.7 Å². The molecule has 1 aliphatic rings. The molecule has 11 heteroatoms. The third-order valence-electron chi connectivity index (χ3n) is 7.79. The maximum atomic E-state index is 14.3. The number of anilines is 1. The lowest BCUT2D eigenvalue weighted by molar-refractivity contribution is -0.127. The minimum absolute atomic E-state index is 0.00641. The summed E-state index contributed by atoms with van der Waals surface area (Å²) in [5, 5.41) is 4.02. The summed E-state index contributed by atoms with van der Waals surface area (Å²) in [6.45, 7) is 14.1. The molecule has 2 aromatic heterocycles. The van der Waals surface area contributed by atoms with E-state index >= 15 is 0 Å². The van der Waals surface area contributed by atoms with Crippen LogP contribution in [0.25, 0.3) is 22.2 Å². The zero-order valence-corrected chi connectivity index (χ0v) is 25.5. The first-order chi connectivity index (χ1) is 20.2. The Morgan fingerprint density at radius 1 is 1.07 bits per heavy atom. The molecule has 1 fully saturated rings. The number of nitrogens with zero attached hydrogens (tertiary/aromatic N) is 5. The largest absolute Gasteiger partial charge is 0.496 e. The van der Waals surface area contributed by atoms with E-state index in [9.17, 15) is 9.59 Å². The number of benzene rings is 1. The molecule has 42 heavy (non-hydrogen) atoms. The van der Waals surface area contributed by atoms with Crippen molar-refractivity contribution in [1.29, 1.82) is 0 Å². The van der Waals surface area contributed by atoms with Crippen LogP contribution in [0.4, 0.5) is 5.95 Å². The summed E-state index contributed by atoms with van der Waals surface area (Å²) >= 11 is 0. The number of aryl methyl sites for hydroxylation is 1. The zero-order valence-electron chi connectivity index (χ0n) is 25.5. The molecule has 1 aromatic carbocycles. The van der Waals surface area contributed by atoms with Gasteiger partial charge in [0.25, 0.3) is 5.56 Å². The number of rotatable bonds is 12. The molecule has 1 aliphatic heterocycles. The van der Waals surface area contributed by atoms with E-state index in [1.54, 1.807) is 32.1 Å². The van der Waals surface area contributed by atoms with Gasteiger partial charge in [0.2, 0.25) is 11.9 Å². The Morgan fingerprint density at radius 3 is 2.33 bits per heavy atom. The van der Waals surface area contributed by atoms with Gasteiger partial charge in [-0.2, -0.15) is 4.98 Å². The van der Waals surface area contributed by atoms with E-state index in [4.69, 9.17) is 19.2 Å². The molecular formula is C31H42N6O5. The first-order valence-electron chi connectivity index (χ1n) is 14.2. The highest BCUT2D eigenvalue weighted by Crippen LogP contribution is 2.38. The molecule has 1 atom stereocenters. The third kappa shape index (κ3) is 6.57. The standard InChI is InChI=1S/C31H42N6O5/c1-8-27(38)36-14-12-35(13-15-36)10-9-11-37-29-23(18-32-31(34-29)33-20(2)19-40-5)16-24(30(37)39)28-21(3)25(41-6)17-26(42-7)22(28)4/h8,16-18,20H,1,9-15,19H2,2-7H3,(H,32,33,34)/t20-/m0/s1. The average molecular weight is 579 g/mol. The lowest BCUT2D eigenvalue weighted by atomic mass is 9.94. The number of carbonyl (C=O) groups is 1. The minimum atomic E-state index is -0.139. The van der Waals surface area contributed by atoms with Gasteiger partial charge in [-0.1, -0.05) is 6.58 Å². The monoisotopic (exact) mass is 578 g/mol. The number of hydrogen-bond acceptors (Lipinski definition) is 9. The molecule has 4 rings (SSSR count). The van der Waals surface area contributed by atoms with Crippen molar-refractivity contribution in [3.05, 3.63) is 52.5 Å². The van der Waals surface area contributed by atoms with Crippen molar-refractivity contribution in [2.24, 2.45) is 0 Å². The van der Waals surface area contributed by atoms with Crippen LogP contribution in [0.3, 0.4) is 0 Å². The Kier molecular flexibility index (Phi) is 10.2. The van der Waals surface area contributed by atoms with E-state index in [0.29, 0.717) is 54.9 Å². The van der Waals surface area contributed by atoms with Crippen LogP contribution in [0, 0.1) is 13.8 Å². The van der Waals surface area contributed by atoms with Crippen LogP contribution in [-0.4, -0.2) is 96.9 Å². The molecule has 226 valence electrons. The van der Waals surface area contributed by atoms with E-state index in [-0.39, 0.29) is 17.5 Å². The molecule has 0 unspecified atom stereocenters. The number of aromatic nitrogens is 3. The molecule has 1 saturated heterocycles. The van der Waals surface area contributed by atoms with Crippen LogP contribution in [-0.2, 0) is 16.1 Å². The molecule has 0 saturated carbocycles. The van der Waals surface area contributed by atoms with Crippen LogP contribution < -0.4 is 20.3 Å². The first kappa shape index (κ1) is 31.0.